The van der Waals surface area contributed by atoms with Gasteiger partial charge in [0.1, 0.15) is 0 Å². The van der Waals surface area contributed by atoms with E-state index in [1.165, 1.54) is 0 Å². The van der Waals surface area contributed by atoms with Crippen molar-refractivity contribution in [1.29, 1.82) is 0 Å². The minimum Gasteiger partial charge on any atom is -0.490 e. The Labute approximate surface area is 123 Å². The van der Waals surface area contributed by atoms with Gasteiger partial charge in [0.25, 0.3) is 0 Å². The highest BCUT2D eigenvalue weighted by Crippen LogP contribution is 2.39. The second kappa shape index (κ2) is 6.62. The maximum absolute atomic E-state index is 10.3. The molecule has 1 aromatic carbocycles. The molecule has 19 heavy (non-hydrogen) atoms. The summed E-state index contributed by atoms with van der Waals surface area (Å²) in [6.45, 7) is 5.63. The van der Waals surface area contributed by atoms with Crippen LogP contribution in [0.5, 0.6) is 11.5 Å². The van der Waals surface area contributed by atoms with Gasteiger partial charge in [0.05, 0.1) is 19.3 Å². The summed E-state index contributed by atoms with van der Waals surface area (Å²) in [6.07, 6.45) is 2.24. The van der Waals surface area contributed by atoms with Gasteiger partial charge in [-0.05, 0) is 30.0 Å². The molecule has 0 fully saturated rings. The molecule has 2 unspecified atom stereocenters. The zero-order valence-corrected chi connectivity index (χ0v) is 13.1. The lowest BCUT2D eigenvalue weighted by atomic mass is 9.96. The van der Waals surface area contributed by atoms with E-state index in [1.807, 2.05) is 12.1 Å². The number of benzene rings is 1. The smallest absolute Gasteiger partial charge is 0.162 e. The summed E-state index contributed by atoms with van der Waals surface area (Å²) in [5.41, 5.74) is 0.879. The van der Waals surface area contributed by atoms with E-state index in [-0.39, 0.29) is 0 Å². The van der Waals surface area contributed by atoms with Gasteiger partial charge in [-0.1, -0.05) is 36.2 Å². The summed E-state index contributed by atoms with van der Waals surface area (Å²) in [4.78, 5) is 0. The normalized spacial score (nSPS) is 17.7. The van der Waals surface area contributed by atoms with Crippen molar-refractivity contribution in [1.82, 2.24) is 0 Å². The molecule has 2 rings (SSSR count). The Morgan fingerprint density at radius 1 is 1.26 bits per heavy atom. The molecule has 1 aliphatic rings. The minimum atomic E-state index is -0.471. The van der Waals surface area contributed by atoms with E-state index in [0.717, 1.165) is 40.8 Å². The molecule has 0 radical (unpaired) electrons. The van der Waals surface area contributed by atoms with Crippen LogP contribution in [0.25, 0.3) is 0 Å². The predicted octanol–water partition coefficient (Wildman–Crippen LogP) is 4.08. The van der Waals surface area contributed by atoms with Gasteiger partial charge in [-0.3, -0.25) is 0 Å². The van der Waals surface area contributed by atoms with Crippen molar-refractivity contribution in [2.75, 3.05) is 13.2 Å². The molecule has 0 saturated carbocycles. The molecule has 0 spiro atoms. The minimum absolute atomic E-state index is 0.471. The van der Waals surface area contributed by atoms with Crippen LogP contribution >= 0.6 is 15.9 Å². The maximum atomic E-state index is 10.3. The Morgan fingerprint density at radius 2 is 1.89 bits per heavy atom. The SMILES string of the molecule is CCC(C)CC(O)c1cc2c(cc1Br)OCCCO2. The highest BCUT2D eigenvalue weighted by molar-refractivity contribution is 9.10. The van der Waals surface area contributed by atoms with Crippen LogP contribution in [0, 0.1) is 5.92 Å². The number of halogens is 1. The van der Waals surface area contributed by atoms with Crippen molar-refractivity contribution in [3.63, 3.8) is 0 Å². The highest BCUT2D eigenvalue weighted by Gasteiger charge is 2.19. The first-order valence-corrected chi connectivity index (χ1v) is 7.68. The second-order valence-corrected chi connectivity index (χ2v) is 5.99. The van der Waals surface area contributed by atoms with Gasteiger partial charge >= 0.3 is 0 Å². The third kappa shape index (κ3) is 3.63. The van der Waals surface area contributed by atoms with E-state index in [2.05, 4.69) is 29.8 Å². The number of ether oxygens (including phenoxy) is 2. The van der Waals surface area contributed by atoms with Gasteiger partial charge in [-0.25, -0.2) is 0 Å². The zero-order valence-electron chi connectivity index (χ0n) is 11.5. The maximum Gasteiger partial charge on any atom is 0.162 e. The molecule has 0 saturated heterocycles. The third-order valence-corrected chi connectivity index (χ3v) is 4.24. The van der Waals surface area contributed by atoms with Gasteiger partial charge < -0.3 is 14.6 Å². The molecule has 2 atom stereocenters. The highest BCUT2D eigenvalue weighted by atomic mass is 79.9. The van der Waals surface area contributed by atoms with Crippen LogP contribution < -0.4 is 9.47 Å². The van der Waals surface area contributed by atoms with Crippen molar-refractivity contribution in [3.8, 4) is 11.5 Å². The van der Waals surface area contributed by atoms with Gasteiger partial charge in [0, 0.05) is 10.9 Å². The van der Waals surface area contributed by atoms with Crippen LogP contribution in [0.15, 0.2) is 16.6 Å². The number of fused-ring (bicyclic) bond motifs is 1. The van der Waals surface area contributed by atoms with E-state index < -0.39 is 6.10 Å². The van der Waals surface area contributed by atoms with Crippen LogP contribution in [0.1, 0.15) is 44.8 Å². The largest absolute Gasteiger partial charge is 0.490 e. The van der Waals surface area contributed by atoms with Gasteiger partial charge in [0.15, 0.2) is 11.5 Å². The lowest BCUT2D eigenvalue weighted by Gasteiger charge is -2.18. The first-order valence-electron chi connectivity index (χ1n) is 6.89. The molecule has 0 aliphatic carbocycles. The Bertz CT molecular complexity index is 434. The third-order valence-electron chi connectivity index (χ3n) is 3.55. The van der Waals surface area contributed by atoms with Crippen LogP contribution in [-0.2, 0) is 0 Å². The lowest BCUT2D eigenvalue weighted by molar-refractivity contribution is 0.145. The fraction of sp³-hybridized carbons (Fsp3) is 0.600. The molecular formula is C15H21BrO3. The topological polar surface area (TPSA) is 38.7 Å². The fourth-order valence-electron chi connectivity index (χ4n) is 2.13. The molecule has 1 aliphatic heterocycles. The molecule has 0 bridgehead atoms. The van der Waals surface area contributed by atoms with Crippen molar-refractivity contribution >= 4 is 15.9 Å². The van der Waals surface area contributed by atoms with Crippen molar-refractivity contribution in [3.05, 3.63) is 22.2 Å². The summed E-state index contributed by atoms with van der Waals surface area (Å²) in [7, 11) is 0. The molecule has 0 amide bonds. The zero-order chi connectivity index (χ0) is 13.8. The van der Waals surface area contributed by atoms with Crippen LogP contribution in [0.4, 0.5) is 0 Å². The van der Waals surface area contributed by atoms with E-state index >= 15 is 0 Å². The van der Waals surface area contributed by atoms with Crippen LogP contribution in [0.3, 0.4) is 0 Å². The first-order chi connectivity index (χ1) is 9.11. The van der Waals surface area contributed by atoms with Gasteiger partial charge in [0.2, 0.25) is 0 Å². The molecule has 4 heteroatoms. The number of hydrogen-bond acceptors (Lipinski definition) is 3. The number of aliphatic hydroxyl groups excluding tert-OH is 1. The van der Waals surface area contributed by atoms with E-state index in [1.54, 1.807) is 0 Å². The van der Waals surface area contributed by atoms with Gasteiger partial charge in [-0.15, -0.1) is 0 Å². The van der Waals surface area contributed by atoms with Crippen molar-refractivity contribution in [2.45, 2.75) is 39.2 Å². The van der Waals surface area contributed by atoms with E-state index in [9.17, 15) is 5.11 Å². The quantitative estimate of drug-likeness (QED) is 0.905. The summed E-state index contributed by atoms with van der Waals surface area (Å²) >= 11 is 3.52. The monoisotopic (exact) mass is 328 g/mol. The molecular weight excluding hydrogens is 308 g/mol. The fourth-order valence-corrected chi connectivity index (χ4v) is 2.72. The van der Waals surface area contributed by atoms with Crippen molar-refractivity contribution in [2.24, 2.45) is 5.92 Å². The van der Waals surface area contributed by atoms with Crippen LogP contribution in [-0.4, -0.2) is 18.3 Å². The average Bonchev–Trinajstić information content (AvgIpc) is 2.62. The van der Waals surface area contributed by atoms with E-state index in [0.29, 0.717) is 19.1 Å². The number of hydrogen-bond donors (Lipinski definition) is 1. The lowest BCUT2D eigenvalue weighted by Crippen LogP contribution is -2.05. The average molecular weight is 329 g/mol. The first kappa shape index (κ1) is 14.7. The summed E-state index contributed by atoms with van der Waals surface area (Å²) in [6, 6.07) is 3.80. The molecule has 1 heterocycles. The Balaban J connectivity index is 2.23. The Kier molecular flexibility index (Phi) is 5.11. The van der Waals surface area contributed by atoms with E-state index in [4.69, 9.17) is 9.47 Å². The van der Waals surface area contributed by atoms with Gasteiger partial charge in [-0.2, -0.15) is 0 Å². The Hall–Kier alpha value is -0.740. The summed E-state index contributed by atoms with van der Waals surface area (Å²) in [5, 5.41) is 10.3. The molecule has 0 aromatic heterocycles. The molecule has 1 aromatic rings. The standard InChI is InChI=1S/C15H21BrO3/c1-3-10(2)7-13(17)11-8-14-15(9-12(11)16)19-6-4-5-18-14/h8-10,13,17H,3-7H2,1-2H3. The predicted molar refractivity (Wildman–Crippen MR) is 78.8 cm³/mol. The van der Waals surface area contributed by atoms with Crippen LogP contribution in [0.2, 0.25) is 0 Å². The molecule has 3 nitrogen and oxygen atoms in total. The number of rotatable bonds is 4. The molecule has 106 valence electrons. The Morgan fingerprint density at radius 3 is 2.53 bits per heavy atom. The number of aliphatic hydroxyl groups is 1. The summed E-state index contributed by atoms with van der Waals surface area (Å²) in [5.74, 6) is 1.99. The second-order valence-electron chi connectivity index (χ2n) is 5.14. The molecule has 1 N–H and O–H groups in total. The summed E-state index contributed by atoms with van der Waals surface area (Å²) < 4.78 is 12.2. The van der Waals surface area contributed by atoms with Crippen molar-refractivity contribution < 1.29 is 14.6 Å².